The molecule has 2 heterocycles. The summed E-state index contributed by atoms with van der Waals surface area (Å²) in [7, 11) is 1.13. The number of hydrogen-bond acceptors (Lipinski definition) is 7. The highest BCUT2D eigenvalue weighted by Crippen LogP contribution is 2.15. The van der Waals surface area contributed by atoms with Gasteiger partial charge in [0.15, 0.2) is 11.4 Å². The summed E-state index contributed by atoms with van der Waals surface area (Å²) >= 11 is 0. The van der Waals surface area contributed by atoms with Crippen molar-refractivity contribution in [2.75, 3.05) is 7.11 Å². The minimum absolute atomic E-state index is 0.192. The maximum Gasteiger partial charge on any atom is 0.356 e. The number of carboxylic acid groups (broad SMARTS) is 1. The lowest BCUT2D eigenvalue weighted by molar-refractivity contribution is 0.0590. The molecule has 0 fully saturated rings. The molecule has 88 valence electrons. The van der Waals surface area contributed by atoms with Crippen molar-refractivity contribution in [2.45, 2.75) is 0 Å². The highest BCUT2D eigenvalue weighted by molar-refractivity contribution is 5.93. The third-order valence-electron chi connectivity index (χ3n) is 1.97. The van der Waals surface area contributed by atoms with E-state index in [-0.39, 0.29) is 11.3 Å². The Balaban J connectivity index is 2.79. The molecular weight excluding hydrogens is 232 g/mol. The van der Waals surface area contributed by atoms with Gasteiger partial charge in [-0.25, -0.2) is 14.6 Å². The number of esters is 1. The van der Waals surface area contributed by atoms with Crippen molar-refractivity contribution < 1.29 is 24.5 Å². The monoisotopic (exact) mass is 238 g/mol. The number of aromatic carboxylic acids is 1. The first-order valence-electron chi connectivity index (χ1n) is 4.31. The van der Waals surface area contributed by atoms with Gasteiger partial charge in [0.2, 0.25) is 5.65 Å². The Labute approximate surface area is 93.3 Å². The summed E-state index contributed by atoms with van der Waals surface area (Å²) in [6.45, 7) is 0. The molecule has 0 saturated heterocycles. The second-order valence-corrected chi connectivity index (χ2v) is 2.97. The highest BCUT2D eigenvalue weighted by Gasteiger charge is 2.20. The van der Waals surface area contributed by atoms with Gasteiger partial charge < -0.3 is 14.9 Å². The van der Waals surface area contributed by atoms with Crippen molar-refractivity contribution in [2.24, 2.45) is 0 Å². The maximum absolute atomic E-state index is 11.4. The van der Waals surface area contributed by atoms with E-state index in [0.29, 0.717) is 0 Å². The van der Waals surface area contributed by atoms with Crippen LogP contribution in [0.25, 0.3) is 5.65 Å². The predicted molar refractivity (Wildman–Crippen MR) is 50.7 cm³/mol. The van der Waals surface area contributed by atoms with Crippen molar-refractivity contribution in [3.8, 4) is 5.88 Å². The maximum atomic E-state index is 11.4. The van der Waals surface area contributed by atoms with E-state index in [1.807, 2.05) is 0 Å². The number of methoxy groups -OCH3 is 1. The van der Waals surface area contributed by atoms with Gasteiger partial charge >= 0.3 is 11.9 Å². The second kappa shape index (κ2) is 3.70. The third kappa shape index (κ3) is 1.62. The number of aromatic hydroxyl groups is 1. The minimum atomic E-state index is -1.35. The zero-order chi connectivity index (χ0) is 12.6. The molecule has 0 unspecified atom stereocenters. The summed E-state index contributed by atoms with van der Waals surface area (Å²) in [4.78, 5) is 25.8. The lowest BCUT2D eigenvalue weighted by atomic mass is 10.3. The van der Waals surface area contributed by atoms with Crippen molar-refractivity contribution in [3.05, 3.63) is 17.5 Å². The quantitative estimate of drug-likeness (QED) is 0.658. The largest absolute Gasteiger partial charge is 0.489 e. The number of carboxylic acids is 1. The van der Waals surface area contributed by atoms with Gasteiger partial charge in [-0.15, -0.1) is 0 Å². The number of hydrogen-bond donors (Lipinski definition) is 2. The van der Waals surface area contributed by atoms with Crippen LogP contribution >= 0.6 is 0 Å². The summed E-state index contributed by atoms with van der Waals surface area (Å²) in [6, 6.07) is 0.981. The van der Waals surface area contributed by atoms with Gasteiger partial charge in [0.25, 0.3) is 5.88 Å². The molecular formula is C8H6N4O5. The van der Waals surface area contributed by atoms with E-state index in [4.69, 9.17) is 5.11 Å². The van der Waals surface area contributed by atoms with Crippen LogP contribution in [-0.4, -0.2) is 49.1 Å². The average molecular weight is 238 g/mol. The van der Waals surface area contributed by atoms with Crippen LogP contribution in [0.15, 0.2) is 6.07 Å². The fourth-order valence-corrected chi connectivity index (χ4v) is 1.23. The Morgan fingerprint density at radius 1 is 1.47 bits per heavy atom. The predicted octanol–water partition coefficient (Wildman–Crippen LogP) is -0.685. The van der Waals surface area contributed by atoms with E-state index < -0.39 is 23.5 Å². The number of carbonyl (C=O) groups is 2. The van der Waals surface area contributed by atoms with Gasteiger partial charge in [-0.1, -0.05) is 10.3 Å². The first kappa shape index (κ1) is 10.8. The normalized spacial score (nSPS) is 10.4. The number of carbonyl (C=O) groups excluding carboxylic acids is 1. The van der Waals surface area contributed by atoms with Crippen molar-refractivity contribution >= 4 is 17.6 Å². The Hall–Kier alpha value is -2.71. The molecule has 0 saturated carbocycles. The van der Waals surface area contributed by atoms with Crippen molar-refractivity contribution in [1.82, 2.24) is 19.8 Å². The molecule has 0 aromatic carbocycles. The van der Waals surface area contributed by atoms with E-state index in [0.717, 1.165) is 17.7 Å². The molecule has 0 bridgehead atoms. The molecule has 2 aromatic heterocycles. The van der Waals surface area contributed by atoms with Crippen molar-refractivity contribution in [1.29, 1.82) is 0 Å². The summed E-state index contributed by atoms with van der Waals surface area (Å²) < 4.78 is 5.35. The number of rotatable bonds is 2. The van der Waals surface area contributed by atoms with Crippen LogP contribution < -0.4 is 0 Å². The first-order chi connectivity index (χ1) is 8.04. The van der Waals surface area contributed by atoms with Crippen LogP contribution in [-0.2, 0) is 4.74 Å². The van der Waals surface area contributed by atoms with Crippen LogP contribution in [0.5, 0.6) is 5.88 Å². The van der Waals surface area contributed by atoms with E-state index >= 15 is 0 Å². The third-order valence-corrected chi connectivity index (χ3v) is 1.97. The van der Waals surface area contributed by atoms with Crippen LogP contribution in [0, 0.1) is 0 Å². The Kier molecular flexibility index (Phi) is 2.35. The fourth-order valence-electron chi connectivity index (χ4n) is 1.23. The molecule has 2 rings (SSSR count). The van der Waals surface area contributed by atoms with Crippen LogP contribution in [0.4, 0.5) is 0 Å². The van der Waals surface area contributed by atoms with Crippen LogP contribution in [0.2, 0.25) is 0 Å². The zero-order valence-corrected chi connectivity index (χ0v) is 8.49. The number of nitrogens with zero attached hydrogens (tertiary/aromatic N) is 4. The zero-order valence-electron chi connectivity index (χ0n) is 8.49. The lowest BCUT2D eigenvalue weighted by Gasteiger charge is -2.02. The Morgan fingerprint density at radius 2 is 2.18 bits per heavy atom. The van der Waals surface area contributed by atoms with E-state index in [1.54, 1.807) is 0 Å². The Bertz CT molecular complexity index is 620. The molecule has 0 aliphatic rings. The van der Waals surface area contributed by atoms with Gasteiger partial charge in [-0.3, -0.25) is 0 Å². The molecule has 0 radical (unpaired) electrons. The van der Waals surface area contributed by atoms with Crippen LogP contribution in [0.1, 0.15) is 21.0 Å². The van der Waals surface area contributed by atoms with Gasteiger partial charge in [-0.05, 0) is 0 Å². The molecule has 2 aromatic rings. The first-order valence-corrected chi connectivity index (χ1v) is 4.31. The summed E-state index contributed by atoms with van der Waals surface area (Å²) in [6.07, 6.45) is 0. The van der Waals surface area contributed by atoms with Crippen molar-refractivity contribution in [3.63, 3.8) is 0 Å². The molecule has 0 atom stereocenters. The van der Waals surface area contributed by atoms with Gasteiger partial charge in [-0.2, -0.15) is 4.52 Å². The van der Waals surface area contributed by atoms with Gasteiger partial charge in [0, 0.05) is 6.07 Å². The topological polar surface area (TPSA) is 127 Å². The summed E-state index contributed by atoms with van der Waals surface area (Å²) in [5, 5.41) is 24.8. The number of fused-ring (bicyclic) bond motifs is 1. The summed E-state index contributed by atoms with van der Waals surface area (Å²) in [5.41, 5.74) is -0.844. The fraction of sp³-hybridized carbons (Fsp3) is 0.125. The van der Waals surface area contributed by atoms with E-state index in [9.17, 15) is 14.7 Å². The molecule has 9 nitrogen and oxygen atoms in total. The van der Waals surface area contributed by atoms with Gasteiger partial charge in [0.1, 0.15) is 0 Å². The molecule has 0 aliphatic carbocycles. The molecule has 0 aliphatic heterocycles. The van der Waals surface area contributed by atoms with E-state index in [2.05, 4.69) is 20.0 Å². The standard InChI is InChI=1S/C8H6N4O5/c1-17-8(16)4-2-3(7(14)15)9-5-6(13)10-11-12(4)5/h2,13H,1H3,(H,14,15). The second-order valence-electron chi connectivity index (χ2n) is 2.97. The smallest absolute Gasteiger partial charge is 0.356 e. The van der Waals surface area contributed by atoms with Gasteiger partial charge in [0.05, 0.1) is 7.11 Å². The molecule has 2 N–H and O–H groups in total. The lowest BCUT2D eigenvalue weighted by Crippen LogP contribution is -2.13. The number of aromatic nitrogens is 4. The average Bonchev–Trinajstić information content (AvgIpc) is 2.69. The van der Waals surface area contributed by atoms with E-state index in [1.165, 1.54) is 0 Å². The SMILES string of the molecule is COC(=O)c1cc(C(=O)O)nc2c(O)nnn12. The highest BCUT2D eigenvalue weighted by atomic mass is 16.5. The molecule has 0 amide bonds. The molecule has 17 heavy (non-hydrogen) atoms. The number of ether oxygens (including phenoxy) is 1. The summed E-state index contributed by atoms with van der Waals surface area (Å²) in [5.74, 6) is -2.73. The molecule has 9 heteroatoms. The minimum Gasteiger partial charge on any atom is -0.489 e. The van der Waals surface area contributed by atoms with Crippen LogP contribution in [0.3, 0.4) is 0 Å². The molecule has 0 spiro atoms. The Morgan fingerprint density at radius 3 is 2.76 bits per heavy atom.